The molecule has 0 bridgehead atoms. The van der Waals surface area contributed by atoms with Gasteiger partial charge in [-0.05, 0) is 52.2 Å². The van der Waals surface area contributed by atoms with Crippen LogP contribution in [-0.4, -0.2) is 0 Å². The van der Waals surface area contributed by atoms with Crippen LogP contribution in [0.1, 0.15) is 22.0 Å². The fraction of sp³-hybridized carbons (Fsp3) is 0.167. The molecule has 0 spiro atoms. The molecule has 1 unspecified atom stereocenters. The van der Waals surface area contributed by atoms with E-state index in [0.717, 1.165) is 20.5 Å². The fourth-order valence-electron chi connectivity index (χ4n) is 1.63. The van der Waals surface area contributed by atoms with Crippen LogP contribution in [0.4, 0.5) is 0 Å². The van der Waals surface area contributed by atoms with Gasteiger partial charge in [-0.25, -0.2) is 0 Å². The number of hydrogen-bond donors (Lipinski definition) is 1. The van der Waals surface area contributed by atoms with Crippen LogP contribution in [0, 0.1) is 6.92 Å². The summed E-state index contributed by atoms with van der Waals surface area (Å²) in [6.45, 7) is 2.00. The Morgan fingerprint density at radius 1 is 1.24 bits per heavy atom. The highest BCUT2D eigenvalue weighted by Crippen LogP contribution is 2.36. The molecule has 1 aromatic carbocycles. The summed E-state index contributed by atoms with van der Waals surface area (Å²) >= 11 is 16.9. The van der Waals surface area contributed by atoms with E-state index in [4.69, 9.17) is 28.9 Å². The molecule has 2 N–H and O–H groups in total. The van der Waals surface area contributed by atoms with Gasteiger partial charge in [0.15, 0.2) is 0 Å². The summed E-state index contributed by atoms with van der Waals surface area (Å²) in [7, 11) is 0. The number of thiophene rings is 1. The molecule has 0 aliphatic heterocycles. The van der Waals surface area contributed by atoms with Gasteiger partial charge >= 0.3 is 0 Å². The molecule has 0 saturated carbocycles. The lowest BCUT2D eigenvalue weighted by Crippen LogP contribution is -2.10. The van der Waals surface area contributed by atoms with E-state index >= 15 is 0 Å². The van der Waals surface area contributed by atoms with Crippen molar-refractivity contribution in [3.63, 3.8) is 0 Å². The predicted molar refractivity (Wildman–Crippen MR) is 79.2 cm³/mol. The Bertz CT molecular complexity index is 514. The van der Waals surface area contributed by atoms with E-state index in [0.29, 0.717) is 9.36 Å². The quantitative estimate of drug-likeness (QED) is 0.793. The predicted octanol–water partition coefficient (Wildman–Crippen LogP) is 5.17. The first kappa shape index (κ1) is 13.4. The van der Waals surface area contributed by atoms with E-state index in [-0.39, 0.29) is 6.04 Å². The van der Waals surface area contributed by atoms with Crippen molar-refractivity contribution in [2.24, 2.45) is 5.73 Å². The lowest BCUT2D eigenvalue weighted by molar-refractivity contribution is 0.891. The van der Waals surface area contributed by atoms with Crippen molar-refractivity contribution in [3.05, 3.63) is 54.1 Å². The van der Waals surface area contributed by atoms with E-state index in [9.17, 15) is 0 Å². The molecular weight excluding hydrogens is 341 g/mol. The number of halogens is 3. The van der Waals surface area contributed by atoms with Crippen LogP contribution in [0.3, 0.4) is 0 Å². The number of hydrogen-bond acceptors (Lipinski definition) is 2. The second-order valence-corrected chi connectivity index (χ2v) is 6.79. The van der Waals surface area contributed by atoms with Gasteiger partial charge in [0.05, 0.1) is 6.04 Å². The van der Waals surface area contributed by atoms with Gasteiger partial charge < -0.3 is 5.73 Å². The van der Waals surface area contributed by atoms with Crippen LogP contribution in [-0.2, 0) is 0 Å². The SMILES string of the molecule is Cc1cc(Cl)cc(C(N)c2cc(Br)c(Cl)s2)c1. The van der Waals surface area contributed by atoms with Crippen molar-refractivity contribution in [2.45, 2.75) is 13.0 Å². The van der Waals surface area contributed by atoms with Crippen LogP contribution in [0.2, 0.25) is 9.36 Å². The minimum Gasteiger partial charge on any atom is -0.320 e. The van der Waals surface area contributed by atoms with Crippen molar-refractivity contribution >= 4 is 50.5 Å². The molecule has 0 fully saturated rings. The summed E-state index contributed by atoms with van der Waals surface area (Å²) in [5, 5.41) is 0.706. The summed E-state index contributed by atoms with van der Waals surface area (Å²) in [5.41, 5.74) is 8.31. The summed E-state index contributed by atoms with van der Waals surface area (Å²) in [5.74, 6) is 0. The van der Waals surface area contributed by atoms with Gasteiger partial charge in [-0.15, -0.1) is 11.3 Å². The molecule has 17 heavy (non-hydrogen) atoms. The third-order valence-corrected chi connectivity index (χ3v) is 5.17. The Hall–Kier alpha value is -0.0600. The molecule has 2 aromatic rings. The minimum absolute atomic E-state index is 0.193. The molecule has 1 atom stereocenters. The lowest BCUT2D eigenvalue weighted by atomic mass is 10.0. The molecule has 0 aliphatic rings. The molecule has 0 aliphatic carbocycles. The van der Waals surface area contributed by atoms with Gasteiger partial charge in [-0.1, -0.05) is 29.3 Å². The number of aryl methyl sites for hydroxylation is 1. The van der Waals surface area contributed by atoms with Gasteiger partial charge in [0.2, 0.25) is 0 Å². The molecule has 1 heterocycles. The Kier molecular flexibility index (Phi) is 4.16. The Morgan fingerprint density at radius 3 is 2.47 bits per heavy atom. The molecule has 2 rings (SSSR count). The fourth-order valence-corrected chi connectivity index (χ4v) is 3.69. The van der Waals surface area contributed by atoms with E-state index in [1.54, 1.807) is 0 Å². The first-order valence-corrected chi connectivity index (χ1v) is 7.31. The maximum atomic E-state index is 6.21. The van der Waals surface area contributed by atoms with Crippen LogP contribution >= 0.6 is 50.5 Å². The zero-order chi connectivity index (χ0) is 12.6. The number of nitrogens with two attached hydrogens (primary N) is 1. The van der Waals surface area contributed by atoms with Crippen molar-refractivity contribution in [1.29, 1.82) is 0 Å². The average molecular weight is 351 g/mol. The van der Waals surface area contributed by atoms with Gasteiger partial charge in [-0.3, -0.25) is 0 Å². The topological polar surface area (TPSA) is 26.0 Å². The third kappa shape index (κ3) is 3.04. The van der Waals surface area contributed by atoms with Crippen molar-refractivity contribution in [3.8, 4) is 0 Å². The molecule has 90 valence electrons. The highest BCUT2D eigenvalue weighted by Gasteiger charge is 2.14. The van der Waals surface area contributed by atoms with Gasteiger partial charge in [0, 0.05) is 14.4 Å². The Balaban J connectivity index is 2.39. The molecule has 5 heteroatoms. The summed E-state index contributed by atoms with van der Waals surface area (Å²) < 4.78 is 1.60. The third-order valence-electron chi connectivity index (χ3n) is 2.39. The van der Waals surface area contributed by atoms with E-state index in [1.807, 2.05) is 31.2 Å². The zero-order valence-corrected chi connectivity index (χ0v) is 12.9. The highest BCUT2D eigenvalue weighted by molar-refractivity contribution is 9.10. The molecule has 1 nitrogen and oxygen atoms in total. The van der Waals surface area contributed by atoms with Gasteiger partial charge in [-0.2, -0.15) is 0 Å². The van der Waals surface area contributed by atoms with Gasteiger partial charge in [0.25, 0.3) is 0 Å². The monoisotopic (exact) mass is 349 g/mol. The molecule has 1 aromatic heterocycles. The molecule has 0 saturated heterocycles. The first-order chi connectivity index (χ1) is 7.97. The largest absolute Gasteiger partial charge is 0.320 e. The van der Waals surface area contributed by atoms with Crippen molar-refractivity contribution < 1.29 is 0 Å². The standard InChI is InChI=1S/C12H10BrCl2NS/c1-6-2-7(4-8(14)3-6)11(16)10-5-9(13)12(15)17-10/h2-5,11H,16H2,1H3. The smallest absolute Gasteiger partial charge is 0.107 e. The van der Waals surface area contributed by atoms with Crippen LogP contribution in [0.15, 0.2) is 28.7 Å². The zero-order valence-electron chi connectivity index (χ0n) is 9.01. The van der Waals surface area contributed by atoms with Crippen LogP contribution in [0.25, 0.3) is 0 Å². The minimum atomic E-state index is -0.193. The summed E-state index contributed by atoms with van der Waals surface area (Å²) in [6.07, 6.45) is 0. The average Bonchev–Trinajstić information content (AvgIpc) is 2.57. The second kappa shape index (κ2) is 5.29. The Morgan fingerprint density at radius 2 is 1.94 bits per heavy atom. The molecule has 0 amide bonds. The summed E-state index contributed by atoms with van der Waals surface area (Å²) in [6, 6.07) is 7.60. The van der Waals surface area contributed by atoms with Crippen LogP contribution in [0.5, 0.6) is 0 Å². The van der Waals surface area contributed by atoms with Crippen molar-refractivity contribution in [2.75, 3.05) is 0 Å². The maximum Gasteiger partial charge on any atom is 0.107 e. The first-order valence-electron chi connectivity index (χ1n) is 4.95. The van der Waals surface area contributed by atoms with Crippen LogP contribution < -0.4 is 5.73 Å². The lowest BCUT2D eigenvalue weighted by Gasteiger charge is -2.11. The second-order valence-electron chi connectivity index (χ2n) is 3.81. The molecule has 0 radical (unpaired) electrons. The van der Waals surface area contributed by atoms with E-state index in [2.05, 4.69) is 15.9 Å². The Labute approximate surface area is 123 Å². The molecular formula is C12H10BrCl2NS. The van der Waals surface area contributed by atoms with E-state index < -0.39 is 0 Å². The summed E-state index contributed by atoms with van der Waals surface area (Å²) in [4.78, 5) is 1.02. The van der Waals surface area contributed by atoms with Crippen molar-refractivity contribution in [1.82, 2.24) is 0 Å². The number of benzene rings is 1. The van der Waals surface area contributed by atoms with E-state index in [1.165, 1.54) is 11.3 Å². The number of rotatable bonds is 2. The van der Waals surface area contributed by atoms with Gasteiger partial charge in [0.1, 0.15) is 4.34 Å². The highest BCUT2D eigenvalue weighted by atomic mass is 79.9. The maximum absolute atomic E-state index is 6.21. The normalized spacial score (nSPS) is 12.8.